The Hall–Kier alpha value is -3.07. The number of likely N-dealkylation sites (N-methyl/N-ethyl adjacent to an activating group) is 1. The van der Waals surface area contributed by atoms with Gasteiger partial charge in [0.1, 0.15) is 23.5 Å². The maximum atomic E-state index is 12.4. The third-order valence-corrected chi connectivity index (χ3v) is 7.43. The Morgan fingerprint density at radius 3 is 2.68 bits per heavy atom. The van der Waals surface area contributed by atoms with Crippen molar-refractivity contribution in [3.8, 4) is 0 Å². The molecule has 0 bridgehead atoms. The first-order valence-electron chi connectivity index (χ1n) is 13.1. The average molecular weight is 534 g/mol. The van der Waals surface area contributed by atoms with E-state index in [9.17, 15) is 19.8 Å². The zero-order valence-electron chi connectivity index (χ0n) is 21.4. The Bertz CT molecular complexity index is 1150. The summed E-state index contributed by atoms with van der Waals surface area (Å²) in [6.07, 6.45) is -0.957. The van der Waals surface area contributed by atoms with Crippen LogP contribution in [0.5, 0.6) is 0 Å². The van der Waals surface area contributed by atoms with Crippen LogP contribution in [0.2, 0.25) is 0 Å². The normalized spacial score (nSPS) is 28.2. The smallest absolute Gasteiger partial charge is 0.409 e. The maximum Gasteiger partial charge on any atom is 0.409 e. The van der Waals surface area contributed by atoms with Crippen LogP contribution in [0.3, 0.4) is 0 Å². The summed E-state index contributed by atoms with van der Waals surface area (Å²) in [5.41, 5.74) is 6.86. The van der Waals surface area contributed by atoms with Crippen LogP contribution in [0.4, 0.5) is 10.6 Å². The number of carbonyl (C=O) groups excluding carboxylic acids is 2. The molecule has 5 rings (SSSR count). The van der Waals surface area contributed by atoms with E-state index in [0.29, 0.717) is 56.3 Å². The second-order valence-corrected chi connectivity index (χ2v) is 10.1. The molecular weight excluding hydrogens is 498 g/mol. The number of amides is 2. The fourth-order valence-corrected chi connectivity index (χ4v) is 5.22. The van der Waals surface area contributed by atoms with Gasteiger partial charge in [-0.3, -0.25) is 9.36 Å². The highest BCUT2D eigenvalue weighted by atomic mass is 16.6. The molecule has 14 nitrogen and oxygen atoms in total. The summed E-state index contributed by atoms with van der Waals surface area (Å²) in [4.78, 5) is 39.8. The lowest BCUT2D eigenvalue weighted by molar-refractivity contribution is -0.137. The van der Waals surface area contributed by atoms with Gasteiger partial charge in [0.05, 0.1) is 19.5 Å². The highest BCUT2D eigenvalue weighted by Gasteiger charge is 2.47. The highest BCUT2D eigenvalue weighted by molar-refractivity contribution is 5.83. The van der Waals surface area contributed by atoms with Crippen molar-refractivity contribution in [1.29, 1.82) is 0 Å². The number of nitrogen functional groups attached to an aromatic ring is 1. The number of piperidine rings is 1. The maximum absolute atomic E-state index is 12.4. The molecule has 0 saturated carbocycles. The van der Waals surface area contributed by atoms with Gasteiger partial charge in [0.25, 0.3) is 5.91 Å². The second-order valence-electron chi connectivity index (χ2n) is 10.1. The van der Waals surface area contributed by atoms with E-state index < -0.39 is 30.4 Å². The summed E-state index contributed by atoms with van der Waals surface area (Å²) in [5, 5.41) is 23.6. The number of rotatable bonds is 7. The van der Waals surface area contributed by atoms with Gasteiger partial charge in [0.2, 0.25) is 0 Å². The topological polar surface area (TPSA) is 187 Å². The van der Waals surface area contributed by atoms with Gasteiger partial charge >= 0.3 is 6.09 Å². The minimum absolute atomic E-state index is 0.189. The van der Waals surface area contributed by atoms with E-state index in [1.165, 1.54) is 10.9 Å². The summed E-state index contributed by atoms with van der Waals surface area (Å²) < 4.78 is 18.0. The Morgan fingerprint density at radius 2 is 1.97 bits per heavy atom. The number of nitrogens with zero attached hydrogens (tertiary/aromatic N) is 5. The molecule has 5 heterocycles. The van der Waals surface area contributed by atoms with Gasteiger partial charge in [0, 0.05) is 38.6 Å². The van der Waals surface area contributed by atoms with Crippen LogP contribution in [-0.4, -0.2) is 104 Å². The fraction of sp³-hybridized carbons (Fsp3) is 0.708. The molecular formula is C24H35N7O7. The molecule has 0 aromatic carbocycles. The van der Waals surface area contributed by atoms with E-state index in [4.69, 9.17) is 19.9 Å². The van der Waals surface area contributed by atoms with E-state index >= 15 is 0 Å². The number of aromatic nitrogens is 4. The van der Waals surface area contributed by atoms with Gasteiger partial charge in [-0.1, -0.05) is 0 Å². The molecule has 2 aromatic heterocycles. The second kappa shape index (κ2) is 11.4. The molecule has 3 fully saturated rings. The van der Waals surface area contributed by atoms with Crippen LogP contribution in [0.1, 0.15) is 38.2 Å². The van der Waals surface area contributed by atoms with E-state index in [1.54, 1.807) is 11.8 Å². The lowest BCUT2D eigenvalue weighted by atomic mass is 9.93. The Kier molecular flexibility index (Phi) is 7.93. The zero-order valence-corrected chi connectivity index (χ0v) is 21.4. The van der Waals surface area contributed by atoms with Gasteiger partial charge < -0.3 is 40.4 Å². The SMILES string of the molecule is CCNC(=O)[C@H]1O[C@@H](n2cnc3c(N)nc(CC4CCN(C(=O)OCC5CCOC5)CC4)nc32)C(O)C1O. The molecule has 3 aliphatic rings. The average Bonchev–Trinajstić information content (AvgIpc) is 3.64. The standard InChI is InChI=1S/C24H35N7O7/c1-2-26-22(34)19-17(32)18(33)23(38-19)31-12-27-16-20(25)28-15(29-21(16)31)9-13-3-6-30(7-4-13)24(35)37-11-14-5-8-36-10-14/h12-14,17-19,23,32-33H,2-11H2,1H3,(H,26,34)(H2,25,28,29)/t14?,17?,18?,19-,23+/m0/s1. The van der Waals surface area contributed by atoms with Crippen molar-refractivity contribution in [2.45, 2.75) is 57.1 Å². The number of likely N-dealkylation sites (tertiary alicyclic amines) is 1. The number of aliphatic hydroxyl groups excluding tert-OH is 2. The van der Waals surface area contributed by atoms with Crippen LogP contribution >= 0.6 is 0 Å². The summed E-state index contributed by atoms with van der Waals surface area (Å²) in [5.74, 6) is 0.707. The minimum Gasteiger partial charge on any atom is -0.449 e. The van der Waals surface area contributed by atoms with Gasteiger partial charge in [0.15, 0.2) is 23.8 Å². The molecule has 3 unspecified atom stereocenters. The van der Waals surface area contributed by atoms with E-state index in [-0.39, 0.29) is 23.7 Å². The lowest BCUT2D eigenvalue weighted by Crippen LogP contribution is -2.42. The lowest BCUT2D eigenvalue weighted by Gasteiger charge is -2.31. The number of aliphatic hydroxyl groups is 2. The van der Waals surface area contributed by atoms with Gasteiger partial charge in [-0.25, -0.2) is 19.7 Å². The van der Waals surface area contributed by atoms with Crippen molar-refractivity contribution in [1.82, 2.24) is 29.7 Å². The number of nitrogens with two attached hydrogens (primary N) is 1. The number of hydrogen-bond acceptors (Lipinski definition) is 11. The van der Waals surface area contributed by atoms with E-state index in [0.717, 1.165) is 25.9 Å². The van der Waals surface area contributed by atoms with Crippen LogP contribution in [0.25, 0.3) is 11.2 Å². The molecule has 2 aromatic rings. The number of fused-ring (bicyclic) bond motifs is 1. The molecule has 5 N–H and O–H groups in total. The van der Waals surface area contributed by atoms with Crippen LogP contribution in [0.15, 0.2) is 6.33 Å². The first kappa shape index (κ1) is 26.5. The number of ether oxygens (including phenoxy) is 3. The molecule has 2 amide bonds. The third kappa shape index (κ3) is 5.39. The molecule has 38 heavy (non-hydrogen) atoms. The van der Waals surface area contributed by atoms with Crippen molar-refractivity contribution in [2.24, 2.45) is 11.8 Å². The summed E-state index contributed by atoms with van der Waals surface area (Å²) >= 11 is 0. The summed E-state index contributed by atoms with van der Waals surface area (Å²) in [6.45, 7) is 5.04. The van der Waals surface area contributed by atoms with Gasteiger partial charge in [-0.2, -0.15) is 0 Å². The highest BCUT2D eigenvalue weighted by Crippen LogP contribution is 2.33. The number of hydrogen-bond donors (Lipinski definition) is 4. The number of nitrogens with one attached hydrogen (secondary N) is 1. The molecule has 3 aliphatic heterocycles. The number of anilines is 1. The Balaban J connectivity index is 1.23. The van der Waals surface area contributed by atoms with Crippen LogP contribution in [-0.2, 0) is 25.4 Å². The third-order valence-electron chi connectivity index (χ3n) is 7.43. The van der Waals surface area contributed by atoms with E-state index in [1.807, 2.05) is 0 Å². The fourth-order valence-electron chi connectivity index (χ4n) is 5.22. The molecule has 0 spiro atoms. The van der Waals surface area contributed by atoms with Crippen molar-refractivity contribution >= 4 is 29.0 Å². The van der Waals surface area contributed by atoms with E-state index in [2.05, 4.69) is 20.3 Å². The zero-order chi connectivity index (χ0) is 26.8. The van der Waals surface area contributed by atoms with Crippen molar-refractivity contribution < 1.29 is 34.0 Å². The van der Waals surface area contributed by atoms with Crippen LogP contribution < -0.4 is 11.1 Å². The Morgan fingerprint density at radius 1 is 1.18 bits per heavy atom. The first-order chi connectivity index (χ1) is 18.4. The quantitative estimate of drug-likeness (QED) is 0.362. The Labute approximate surface area is 219 Å². The monoisotopic (exact) mass is 533 g/mol. The molecule has 208 valence electrons. The van der Waals surface area contributed by atoms with Crippen molar-refractivity contribution in [3.63, 3.8) is 0 Å². The van der Waals surface area contributed by atoms with Gasteiger partial charge in [-0.05, 0) is 32.1 Å². The molecule has 0 aliphatic carbocycles. The predicted octanol–water partition coefficient (Wildman–Crippen LogP) is -0.409. The van der Waals surface area contributed by atoms with Crippen molar-refractivity contribution in [2.75, 3.05) is 45.2 Å². The number of imidazole rings is 1. The summed E-state index contributed by atoms with van der Waals surface area (Å²) in [6, 6.07) is 0. The molecule has 5 atom stereocenters. The molecule has 0 radical (unpaired) electrons. The molecule has 14 heteroatoms. The summed E-state index contributed by atoms with van der Waals surface area (Å²) in [7, 11) is 0. The van der Waals surface area contributed by atoms with Crippen molar-refractivity contribution in [3.05, 3.63) is 12.2 Å². The largest absolute Gasteiger partial charge is 0.449 e. The predicted molar refractivity (Wildman–Crippen MR) is 133 cm³/mol. The molecule has 3 saturated heterocycles. The number of carbonyl (C=O) groups is 2. The van der Waals surface area contributed by atoms with Crippen LogP contribution in [0, 0.1) is 11.8 Å². The first-order valence-corrected chi connectivity index (χ1v) is 13.1. The van der Waals surface area contributed by atoms with Gasteiger partial charge in [-0.15, -0.1) is 0 Å². The minimum atomic E-state index is -1.41.